The lowest BCUT2D eigenvalue weighted by atomic mass is 10.0. The Kier molecular flexibility index (Phi) is 4.94. The minimum absolute atomic E-state index is 0.00448. The van der Waals surface area contributed by atoms with E-state index >= 15 is 0 Å². The summed E-state index contributed by atoms with van der Waals surface area (Å²) < 4.78 is 13.1. The molecule has 2 heterocycles. The van der Waals surface area contributed by atoms with E-state index in [-0.39, 0.29) is 17.9 Å². The minimum Gasteiger partial charge on any atom is -0.332 e. The van der Waals surface area contributed by atoms with Crippen molar-refractivity contribution in [2.24, 2.45) is 5.92 Å². The second-order valence-electron chi connectivity index (χ2n) is 8.50. The maximum absolute atomic E-state index is 13.2. The number of anilines is 1. The lowest BCUT2D eigenvalue weighted by Crippen LogP contribution is -2.30. The predicted octanol–water partition coefficient (Wildman–Crippen LogP) is 4.25. The number of hydrogen-bond acceptors (Lipinski definition) is 5. The average Bonchev–Trinajstić information content (AvgIpc) is 3.32. The van der Waals surface area contributed by atoms with E-state index in [9.17, 15) is 14.2 Å². The topological polar surface area (TPSA) is 79.4 Å². The molecule has 1 atom stereocenters. The number of thiazole rings is 1. The monoisotopic (exact) mass is 431 g/mol. The quantitative estimate of drug-likeness (QED) is 0.718. The van der Waals surface area contributed by atoms with E-state index in [1.807, 2.05) is 24.0 Å². The Hall–Kier alpha value is -1.98. The number of fused-ring (bicyclic) bond motifs is 1. The molecule has 1 aliphatic carbocycles. The zero-order valence-corrected chi connectivity index (χ0v) is 19.1. The lowest BCUT2D eigenvalue weighted by Gasteiger charge is -2.21. The zero-order chi connectivity index (χ0) is 21.1. The van der Waals surface area contributed by atoms with Crippen LogP contribution in [0.3, 0.4) is 0 Å². The van der Waals surface area contributed by atoms with Crippen LogP contribution < -0.4 is 10.6 Å². The summed E-state index contributed by atoms with van der Waals surface area (Å²) in [6.45, 7) is 9.61. The van der Waals surface area contributed by atoms with Crippen molar-refractivity contribution in [3.63, 3.8) is 0 Å². The predicted molar refractivity (Wildman–Crippen MR) is 118 cm³/mol. The molecule has 0 bridgehead atoms. The van der Waals surface area contributed by atoms with Crippen molar-refractivity contribution in [2.75, 3.05) is 25.2 Å². The van der Waals surface area contributed by atoms with Gasteiger partial charge in [0.05, 0.1) is 22.2 Å². The molecule has 0 saturated heterocycles. The zero-order valence-electron chi connectivity index (χ0n) is 17.4. The number of aryl methyl sites for hydroxylation is 1. The summed E-state index contributed by atoms with van der Waals surface area (Å²) in [4.78, 5) is 31.9. The van der Waals surface area contributed by atoms with Gasteiger partial charge in [0.2, 0.25) is 5.91 Å². The van der Waals surface area contributed by atoms with Crippen molar-refractivity contribution in [2.45, 2.75) is 39.7 Å². The number of nitrogens with one attached hydrogen (secondary N) is 1. The molecule has 29 heavy (non-hydrogen) atoms. The van der Waals surface area contributed by atoms with Gasteiger partial charge in [-0.3, -0.25) is 9.59 Å². The second kappa shape index (κ2) is 7.06. The summed E-state index contributed by atoms with van der Waals surface area (Å²) in [6.07, 6.45) is 2.36. The van der Waals surface area contributed by atoms with Gasteiger partial charge in [0.1, 0.15) is 7.14 Å². The number of hydrogen-bond donors (Lipinski definition) is 1. The van der Waals surface area contributed by atoms with Crippen LogP contribution in [-0.4, -0.2) is 41.6 Å². The third-order valence-electron chi connectivity index (χ3n) is 5.61. The van der Waals surface area contributed by atoms with Crippen LogP contribution in [0.4, 0.5) is 5.13 Å². The van der Waals surface area contributed by atoms with E-state index in [0.717, 1.165) is 28.2 Å². The van der Waals surface area contributed by atoms with E-state index in [1.165, 1.54) is 31.1 Å². The largest absolute Gasteiger partial charge is 0.332 e. The lowest BCUT2D eigenvalue weighted by molar-refractivity contribution is -0.114. The Morgan fingerprint density at radius 2 is 2.03 bits per heavy atom. The Bertz CT molecular complexity index is 1070. The first-order valence-electron chi connectivity index (χ1n) is 9.86. The van der Waals surface area contributed by atoms with Crippen LogP contribution in [-0.2, 0) is 9.36 Å². The van der Waals surface area contributed by atoms with Gasteiger partial charge in [-0.2, -0.15) is 0 Å². The number of carbonyl (C=O) groups excluding carboxylic acids is 2. The molecular weight excluding hydrogens is 405 g/mol. The van der Waals surface area contributed by atoms with Gasteiger partial charge in [-0.05, 0) is 69.2 Å². The molecule has 6 nitrogen and oxygen atoms in total. The summed E-state index contributed by atoms with van der Waals surface area (Å²) in [5.41, 5.74) is 3.28. The highest BCUT2D eigenvalue weighted by molar-refractivity contribution is 7.70. The highest BCUT2D eigenvalue weighted by Gasteiger charge is 2.41. The third-order valence-corrected chi connectivity index (χ3v) is 8.25. The molecule has 2 aromatic rings. The van der Waals surface area contributed by atoms with Gasteiger partial charge >= 0.3 is 0 Å². The van der Waals surface area contributed by atoms with Crippen molar-refractivity contribution in [1.29, 1.82) is 0 Å². The van der Waals surface area contributed by atoms with Crippen LogP contribution >= 0.6 is 18.5 Å². The van der Waals surface area contributed by atoms with Crippen LogP contribution in [0.2, 0.25) is 0 Å². The van der Waals surface area contributed by atoms with Gasteiger partial charge in [-0.1, -0.05) is 11.3 Å². The summed E-state index contributed by atoms with van der Waals surface area (Å²) >= 11 is 1.40. The smallest absolute Gasteiger partial charge is 0.255 e. The first-order chi connectivity index (χ1) is 13.6. The maximum atomic E-state index is 13.2. The normalized spacial score (nSPS) is 18.9. The number of nitrogens with zero attached hydrogens (tertiary/aromatic N) is 2. The molecule has 0 radical (unpaired) electrons. The molecule has 1 aromatic carbocycles. The van der Waals surface area contributed by atoms with E-state index in [4.69, 9.17) is 0 Å². The molecule has 0 spiro atoms. The fourth-order valence-corrected chi connectivity index (χ4v) is 6.16. The molecular formula is C21H26N3O3PS. The van der Waals surface area contributed by atoms with Crippen LogP contribution in [0, 0.1) is 12.8 Å². The first kappa shape index (κ1) is 20.3. The van der Waals surface area contributed by atoms with Crippen LogP contribution in [0.5, 0.6) is 0 Å². The summed E-state index contributed by atoms with van der Waals surface area (Å²) in [5.74, 6) is 0.434. The van der Waals surface area contributed by atoms with Gasteiger partial charge in [-0.25, -0.2) is 4.98 Å². The molecule has 8 heteroatoms. The molecule has 1 N–H and O–H groups in total. The SMILES string of the molecule is CC(=O)Nc1nc(C)c(-c2cc3c(c(P(C)(C)=O)c2)C(=O)N(CC2CC2)[C@@H]3C)s1. The number of benzene rings is 1. The van der Waals surface area contributed by atoms with E-state index in [1.54, 1.807) is 13.3 Å². The van der Waals surface area contributed by atoms with Crippen molar-refractivity contribution in [3.8, 4) is 10.4 Å². The van der Waals surface area contributed by atoms with Gasteiger partial charge in [0, 0.05) is 18.8 Å². The van der Waals surface area contributed by atoms with Crippen LogP contribution in [0.15, 0.2) is 12.1 Å². The number of amides is 2. The molecule has 154 valence electrons. The molecule has 2 aliphatic rings. The molecule has 4 rings (SSSR count). The van der Waals surface area contributed by atoms with E-state index in [2.05, 4.69) is 17.2 Å². The van der Waals surface area contributed by atoms with Crippen molar-refractivity contribution >= 4 is 40.7 Å². The minimum atomic E-state index is -2.68. The second-order valence-corrected chi connectivity index (χ2v) is 12.7. The third kappa shape index (κ3) is 3.78. The number of carbonyl (C=O) groups is 2. The van der Waals surface area contributed by atoms with Crippen molar-refractivity contribution in [1.82, 2.24) is 9.88 Å². The van der Waals surface area contributed by atoms with Crippen LogP contribution in [0.1, 0.15) is 54.3 Å². The van der Waals surface area contributed by atoms with Crippen molar-refractivity contribution < 1.29 is 14.2 Å². The maximum Gasteiger partial charge on any atom is 0.255 e. The van der Waals surface area contributed by atoms with Gasteiger partial charge in [0.25, 0.3) is 5.91 Å². The van der Waals surface area contributed by atoms with E-state index < -0.39 is 7.14 Å². The highest BCUT2D eigenvalue weighted by atomic mass is 32.1. The molecule has 1 saturated carbocycles. The van der Waals surface area contributed by atoms with Gasteiger partial charge in [0.15, 0.2) is 5.13 Å². The highest BCUT2D eigenvalue weighted by Crippen LogP contribution is 2.46. The Morgan fingerprint density at radius 1 is 1.34 bits per heavy atom. The fourth-order valence-electron chi connectivity index (χ4n) is 3.94. The van der Waals surface area contributed by atoms with E-state index in [0.29, 0.717) is 21.9 Å². The summed E-state index contributed by atoms with van der Waals surface area (Å²) in [7, 11) is -2.68. The Labute approximate surface area is 175 Å². The van der Waals surface area contributed by atoms with Gasteiger partial charge < -0.3 is 14.8 Å². The first-order valence-corrected chi connectivity index (χ1v) is 13.3. The molecule has 1 aliphatic heterocycles. The molecule has 1 fully saturated rings. The van der Waals surface area contributed by atoms with Crippen molar-refractivity contribution in [3.05, 3.63) is 29.0 Å². The molecule has 0 unspecified atom stereocenters. The standard InChI is InChI=1S/C21H26N3O3PS/c1-11-19(29-21(22-11)23-13(3)25)15-8-16-12(2)24(10-14-6-7-14)20(26)18(16)17(9-15)28(4,5)27/h8-9,12,14H,6-7,10H2,1-5H3,(H,22,23,25)/t12-/m1/s1. The summed E-state index contributed by atoms with van der Waals surface area (Å²) in [5, 5.41) is 3.93. The van der Waals surface area contributed by atoms with Gasteiger partial charge in [-0.15, -0.1) is 0 Å². The fraction of sp³-hybridized carbons (Fsp3) is 0.476. The van der Waals surface area contributed by atoms with Crippen LogP contribution in [0.25, 0.3) is 10.4 Å². The molecule has 1 aromatic heterocycles. The number of aromatic nitrogens is 1. The Balaban J connectivity index is 1.84. The molecule has 2 amide bonds. The summed E-state index contributed by atoms with van der Waals surface area (Å²) in [6, 6.07) is 3.90. The number of rotatable bonds is 5. The Morgan fingerprint density at radius 3 is 2.62 bits per heavy atom. The average molecular weight is 431 g/mol.